The van der Waals surface area contributed by atoms with Gasteiger partial charge in [0.25, 0.3) is 16.0 Å². The molecule has 0 bridgehead atoms. The molecule has 0 atom stereocenters. The zero-order valence-corrected chi connectivity index (χ0v) is 14.8. The smallest absolute Gasteiger partial charge is 0.294 e. The number of nitrogens with zero attached hydrogens (tertiary/aromatic N) is 2. The van der Waals surface area contributed by atoms with Gasteiger partial charge in [-0.15, -0.1) is 0 Å². The standard InChI is InChI=1S/C17H21N3O4S/c1-20(15-7-3-2-4-8-15)12-13(11-18)17(21)19-14-6-5-9-16(10-14)25(22,23)24/h5-6,9-10,12,15H,2-4,7-8H2,1H3,(H,19,21)(H,22,23,24)/b13-12-. The number of hydrogen-bond acceptors (Lipinski definition) is 5. The fourth-order valence-corrected chi connectivity index (χ4v) is 3.39. The van der Waals surface area contributed by atoms with Crippen molar-refractivity contribution in [1.82, 2.24) is 4.90 Å². The SMILES string of the molecule is CN(/C=C(/C#N)C(=O)Nc1cccc(S(=O)(=O)O)c1)C1CCCCC1. The van der Waals surface area contributed by atoms with Crippen LogP contribution in [0.1, 0.15) is 32.1 Å². The highest BCUT2D eigenvalue weighted by Gasteiger charge is 2.18. The second-order valence-electron chi connectivity index (χ2n) is 6.07. The van der Waals surface area contributed by atoms with E-state index < -0.39 is 16.0 Å². The zero-order chi connectivity index (χ0) is 18.4. The van der Waals surface area contributed by atoms with Gasteiger partial charge in [-0.05, 0) is 31.0 Å². The Kier molecular flexibility index (Phi) is 6.17. The minimum atomic E-state index is -4.36. The highest BCUT2D eigenvalue weighted by atomic mass is 32.2. The topological polar surface area (TPSA) is 111 Å². The summed E-state index contributed by atoms with van der Waals surface area (Å²) in [4.78, 5) is 13.9. The number of nitriles is 1. The lowest BCUT2D eigenvalue weighted by Gasteiger charge is -2.30. The van der Waals surface area contributed by atoms with Crippen molar-refractivity contribution in [3.8, 4) is 6.07 Å². The Hall–Kier alpha value is -2.37. The van der Waals surface area contributed by atoms with E-state index in [1.807, 2.05) is 18.0 Å². The van der Waals surface area contributed by atoms with Gasteiger partial charge < -0.3 is 10.2 Å². The van der Waals surface area contributed by atoms with Gasteiger partial charge >= 0.3 is 0 Å². The number of nitrogens with one attached hydrogen (secondary N) is 1. The van der Waals surface area contributed by atoms with Gasteiger partial charge in [0.1, 0.15) is 11.6 Å². The van der Waals surface area contributed by atoms with E-state index in [2.05, 4.69) is 5.32 Å². The first-order valence-corrected chi connectivity index (χ1v) is 9.48. The molecule has 0 spiro atoms. The van der Waals surface area contributed by atoms with Crippen LogP contribution in [0.2, 0.25) is 0 Å². The molecule has 1 aliphatic carbocycles. The Bertz CT molecular complexity index is 805. The molecule has 1 amide bonds. The number of amides is 1. The van der Waals surface area contributed by atoms with Gasteiger partial charge in [-0.3, -0.25) is 9.35 Å². The largest absolute Gasteiger partial charge is 0.376 e. The molecule has 2 N–H and O–H groups in total. The molecule has 0 aromatic heterocycles. The predicted molar refractivity (Wildman–Crippen MR) is 93.2 cm³/mol. The number of benzene rings is 1. The van der Waals surface area contributed by atoms with Crippen LogP contribution in [-0.2, 0) is 14.9 Å². The van der Waals surface area contributed by atoms with E-state index in [0.717, 1.165) is 31.7 Å². The monoisotopic (exact) mass is 363 g/mol. The van der Waals surface area contributed by atoms with E-state index in [1.165, 1.54) is 30.8 Å². The summed E-state index contributed by atoms with van der Waals surface area (Å²) in [5.41, 5.74) is 0.118. The summed E-state index contributed by atoms with van der Waals surface area (Å²) in [7, 11) is -2.51. The van der Waals surface area contributed by atoms with Crippen molar-refractivity contribution in [2.45, 2.75) is 43.0 Å². The first kappa shape index (κ1) is 19.0. The quantitative estimate of drug-likeness (QED) is 0.472. The predicted octanol–water partition coefficient (Wildman–Crippen LogP) is 2.54. The number of carbonyl (C=O) groups excluding carboxylic acids is 1. The fourth-order valence-electron chi connectivity index (χ4n) is 2.87. The Balaban J connectivity index is 2.12. The maximum absolute atomic E-state index is 12.3. The Morgan fingerprint density at radius 2 is 2.04 bits per heavy atom. The molecule has 7 nitrogen and oxygen atoms in total. The summed E-state index contributed by atoms with van der Waals surface area (Å²) in [6.45, 7) is 0. The minimum Gasteiger partial charge on any atom is -0.376 e. The van der Waals surface area contributed by atoms with Crippen molar-refractivity contribution in [2.75, 3.05) is 12.4 Å². The Labute approximate surface area is 147 Å². The van der Waals surface area contributed by atoms with E-state index in [-0.39, 0.29) is 16.2 Å². The summed E-state index contributed by atoms with van der Waals surface area (Å²) in [5.74, 6) is -0.627. The molecule has 1 saturated carbocycles. The van der Waals surface area contributed by atoms with Crippen LogP contribution in [0.15, 0.2) is 40.9 Å². The zero-order valence-electron chi connectivity index (χ0n) is 14.0. The van der Waals surface area contributed by atoms with Crippen LogP contribution >= 0.6 is 0 Å². The van der Waals surface area contributed by atoms with Gasteiger partial charge in [0.05, 0.1) is 4.90 Å². The lowest BCUT2D eigenvalue weighted by Crippen LogP contribution is -2.30. The van der Waals surface area contributed by atoms with E-state index in [4.69, 9.17) is 4.55 Å². The molecule has 1 aromatic carbocycles. The molecule has 0 aliphatic heterocycles. The molecule has 2 rings (SSSR count). The molecule has 0 heterocycles. The third-order valence-corrected chi connectivity index (χ3v) is 5.09. The maximum atomic E-state index is 12.3. The Morgan fingerprint density at radius 3 is 2.64 bits per heavy atom. The van der Waals surface area contributed by atoms with Gasteiger partial charge in [-0.1, -0.05) is 25.3 Å². The molecular formula is C17H21N3O4S. The minimum absolute atomic E-state index is 0.0645. The molecule has 0 unspecified atom stereocenters. The van der Waals surface area contributed by atoms with Crippen molar-refractivity contribution in [3.63, 3.8) is 0 Å². The molecular weight excluding hydrogens is 342 g/mol. The van der Waals surface area contributed by atoms with Crippen molar-refractivity contribution in [2.24, 2.45) is 0 Å². The molecule has 1 fully saturated rings. The van der Waals surface area contributed by atoms with Crippen molar-refractivity contribution in [3.05, 3.63) is 36.0 Å². The summed E-state index contributed by atoms with van der Waals surface area (Å²) in [6, 6.07) is 7.40. The average Bonchev–Trinajstić information content (AvgIpc) is 2.59. The lowest BCUT2D eigenvalue weighted by atomic mass is 9.94. The molecule has 1 aliphatic rings. The van der Waals surface area contributed by atoms with Gasteiger partial charge in [0.15, 0.2) is 0 Å². The first-order chi connectivity index (χ1) is 11.8. The maximum Gasteiger partial charge on any atom is 0.294 e. The number of rotatable bonds is 5. The van der Waals surface area contributed by atoms with Crippen LogP contribution in [0.4, 0.5) is 5.69 Å². The lowest BCUT2D eigenvalue weighted by molar-refractivity contribution is -0.112. The van der Waals surface area contributed by atoms with Crippen LogP contribution in [0.5, 0.6) is 0 Å². The molecule has 1 aromatic rings. The first-order valence-electron chi connectivity index (χ1n) is 8.04. The molecule has 0 radical (unpaired) electrons. The van der Waals surface area contributed by atoms with Crippen LogP contribution in [0, 0.1) is 11.3 Å². The summed E-state index contributed by atoms with van der Waals surface area (Å²) >= 11 is 0. The van der Waals surface area contributed by atoms with Crippen LogP contribution in [0.25, 0.3) is 0 Å². The summed E-state index contributed by atoms with van der Waals surface area (Å²) in [5, 5.41) is 11.7. The van der Waals surface area contributed by atoms with Gasteiger partial charge in [-0.25, -0.2) is 0 Å². The Morgan fingerprint density at radius 1 is 1.36 bits per heavy atom. The van der Waals surface area contributed by atoms with Crippen molar-refractivity contribution >= 4 is 21.7 Å². The third kappa shape index (κ3) is 5.31. The van der Waals surface area contributed by atoms with Gasteiger partial charge in [0, 0.05) is 25.0 Å². The average molecular weight is 363 g/mol. The normalized spacial score (nSPS) is 16.1. The summed E-state index contributed by atoms with van der Waals surface area (Å²) in [6.07, 6.45) is 7.08. The molecule has 0 saturated heterocycles. The summed E-state index contributed by atoms with van der Waals surface area (Å²) < 4.78 is 31.4. The number of carbonyl (C=O) groups is 1. The highest BCUT2D eigenvalue weighted by Crippen LogP contribution is 2.22. The van der Waals surface area contributed by atoms with Crippen molar-refractivity contribution in [1.29, 1.82) is 5.26 Å². The highest BCUT2D eigenvalue weighted by molar-refractivity contribution is 7.85. The van der Waals surface area contributed by atoms with E-state index in [0.29, 0.717) is 6.04 Å². The van der Waals surface area contributed by atoms with E-state index in [1.54, 1.807) is 0 Å². The fraction of sp³-hybridized carbons (Fsp3) is 0.412. The van der Waals surface area contributed by atoms with Crippen LogP contribution in [0.3, 0.4) is 0 Å². The van der Waals surface area contributed by atoms with E-state index in [9.17, 15) is 18.5 Å². The molecule has 8 heteroatoms. The number of anilines is 1. The molecule has 134 valence electrons. The number of hydrogen-bond donors (Lipinski definition) is 2. The van der Waals surface area contributed by atoms with Crippen LogP contribution in [-0.4, -0.2) is 36.9 Å². The van der Waals surface area contributed by atoms with Gasteiger partial charge in [0.2, 0.25) is 0 Å². The second-order valence-corrected chi connectivity index (χ2v) is 7.49. The third-order valence-electron chi connectivity index (χ3n) is 4.24. The van der Waals surface area contributed by atoms with Gasteiger partial charge in [-0.2, -0.15) is 13.7 Å². The second kappa shape index (κ2) is 8.14. The molecule has 25 heavy (non-hydrogen) atoms. The van der Waals surface area contributed by atoms with Crippen LogP contribution < -0.4 is 5.32 Å². The van der Waals surface area contributed by atoms with Crippen molar-refractivity contribution < 1.29 is 17.8 Å². The van der Waals surface area contributed by atoms with E-state index >= 15 is 0 Å².